The van der Waals surface area contributed by atoms with Crippen LogP contribution in [-0.2, 0) is 27.7 Å². The number of pyridine rings is 1. The van der Waals surface area contributed by atoms with Gasteiger partial charge in [-0.2, -0.15) is 0 Å². The summed E-state index contributed by atoms with van der Waals surface area (Å²) in [5, 5.41) is 0.561. The fourth-order valence-electron chi connectivity index (χ4n) is 4.77. The molecule has 1 fully saturated rings. The van der Waals surface area contributed by atoms with E-state index in [1.165, 1.54) is 0 Å². The van der Waals surface area contributed by atoms with Crippen molar-refractivity contribution in [1.82, 2.24) is 9.71 Å². The predicted molar refractivity (Wildman–Crippen MR) is 117 cm³/mol. The van der Waals surface area contributed by atoms with Crippen molar-refractivity contribution < 1.29 is 17.9 Å². The number of amides is 1. The number of hydrogen-bond donors (Lipinski definition) is 1. The van der Waals surface area contributed by atoms with Crippen LogP contribution in [0.5, 0.6) is 5.88 Å². The number of aromatic nitrogens is 1. The molecule has 9 heteroatoms. The average Bonchev–Trinajstić information content (AvgIpc) is 3.19. The summed E-state index contributed by atoms with van der Waals surface area (Å²) in [5.74, 6) is 0.667. The molecule has 2 aromatic rings. The van der Waals surface area contributed by atoms with Gasteiger partial charge in [0.05, 0.1) is 15.6 Å². The first-order chi connectivity index (χ1) is 14.9. The third kappa shape index (κ3) is 4.16. The molecule has 7 nitrogen and oxygen atoms in total. The Morgan fingerprint density at radius 1 is 1.06 bits per heavy atom. The van der Waals surface area contributed by atoms with Crippen molar-refractivity contribution in [2.75, 3.05) is 11.4 Å². The Morgan fingerprint density at radius 2 is 1.81 bits per heavy atom. The van der Waals surface area contributed by atoms with Crippen LogP contribution in [0.25, 0.3) is 0 Å². The van der Waals surface area contributed by atoms with E-state index in [0.717, 1.165) is 29.7 Å². The highest BCUT2D eigenvalue weighted by molar-refractivity contribution is 7.89. The molecule has 5 rings (SSSR count). The first-order valence-electron chi connectivity index (χ1n) is 10.7. The van der Waals surface area contributed by atoms with Gasteiger partial charge < -0.3 is 9.64 Å². The minimum atomic E-state index is -3.62. The van der Waals surface area contributed by atoms with Crippen molar-refractivity contribution >= 4 is 33.2 Å². The summed E-state index contributed by atoms with van der Waals surface area (Å²) in [5.41, 5.74) is 2.85. The van der Waals surface area contributed by atoms with E-state index < -0.39 is 10.0 Å². The molecule has 3 heterocycles. The van der Waals surface area contributed by atoms with E-state index >= 15 is 0 Å². The highest BCUT2D eigenvalue weighted by atomic mass is 35.5. The molecule has 0 spiro atoms. The quantitative estimate of drug-likeness (QED) is 0.738. The zero-order valence-electron chi connectivity index (χ0n) is 17.0. The Bertz CT molecular complexity index is 1110. The van der Waals surface area contributed by atoms with E-state index in [1.807, 2.05) is 0 Å². The number of sulfonamides is 1. The highest BCUT2D eigenvalue weighted by Gasteiger charge is 2.34. The van der Waals surface area contributed by atoms with Crippen molar-refractivity contribution in [3.05, 3.63) is 46.6 Å². The van der Waals surface area contributed by atoms with Gasteiger partial charge in [-0.05, 0) is 67.9 Å². The van der Waals surface area contributed by atoms with Crippen molar-refractivity contribution in [1.29, 1.82) is 0 Å². The molecular weight excluding hydrogens is 438 g/mol. The molecule has 0 saturated heterocycles. The molecule has 1 N–H and O–H groups in total. The van der Waals surface area contributed by atoms with E-state index in [4.69, 9.17) is 16.3 Å². The summed E-state index contributed by atoms with van der Waals surface area (Å²) in [4.78, 5) is 18.4. The van der Waals surface area contributed by atoms with Gasteiger partial charge in [0, 0.05) is 31.3 Å². The first-order valence-corrected chi connectivity index (χ1v) is 12.5. The smallest absolute Gasteiger partial charge is 0.240 e. The normalized spacial score (nSPS) is 23.0. The largest absolute Gasteiger partial charge is 0.474 e. The maximum absolute atomic E-state index is 13.1. The third-order valence-electron chi connectivity index (χ3n) is 6.32. The minimum Gasteiger partial charge on any atom is -0.474 e. The van der Waals surface area contributed by atoms with E-state index in [1.54, 1.807) is 35.4 Å². The molecule has 1 aromatic carbocycles. The Kier molecular flexibility index (Phi) is 5.40. The van der Waals surface area contributed by atoms with Crippen LogP contribution in [0.1, 0.15) is 43.2 Å². The number of carbonyl (C=O) groups is 1. The molecule has 1 amide bonds. The van der Waals surface area contributed by atoms with Crippen LogP contribution in [0, 0.1) is 0 Å². The van der Waals surface area contributed by atoms with Crippen molar-refractivity contribution in [2.24, 2.45) is 0 Å². The molecule has 0 atom stereocenters. The van der Waals surface area contributed by atoms with Crippen LogP contribution in [0.3, 0.4) is 0 Å². The van der Waals surface area contributed by atoms with Gasteiger partial charge in [-0.1, -0.05) is 11.6 Å². The van der Waals surface area contributed by atoms with E-state index in [9.17, 15) is 13.2 Å². The summed E-state index contributed by atoms with van der Waals surface area (Å²) >= 11 is 5.85. The van der Waals surface area contributed by atoms with Crippen molar-refractivity contribution in [2.45, 2.75) is 62.0 Å². The summed E-state index contributed by atoms with van der Waals surface area (Å²) in [6.45, 7) is 0.643. The topological polar surface area (TPSA) is 88.6 Å². The molecule has 0 radical (unpaired) electrons. The molecule has 1 aromatic heterocycles. The lowest BCUT2D eigenvalue weighted by Crippen LogP contribution is -2.39. The van der Waals surface area contributed by atoms with Crippen LogP contribution in [0.4, 0.5) is 5.69 Å². The van der Waals surface area contributed by atoms with Crippen molar-refractivity contribution in [3.63, 3.8) is 0 Å². The maximum Gasteiger partial charge on any atom is 0.240 e. The second-order valence-electron chi connectivity index (χ2n) is 8.41. The summed E-state index contributed by atoms with van der Waals surface area (Å²) in [6.07, 6.45) is 6.23. The van der Waals surface area contributed by atoms with Crippen LogP contribution in [-0.4, -0.2) is 38.0 Å². The number of aryl methyl sites for hydroxylation is 1. The number of nitrogens with zero attached hydrogens (tertiary/aromatic N) is 2. The second kappa shape index (κ2) is 8.07. The minimum absolute atomic E-state index is 0.0161. The Balaban J connectivity index is 1.24. The number of rotatable bonds is 5. The number of nitrogens with one attached hydrogen (secondary N) is 1. The van der Waals surface area contributed by atoms with Gasteiger partial charge >= 0.3 is 0 Å². The SMILES string of the molecule is O=C1CCc2cc(S(=O)(=O)NC3CCC(Oc4ccc(Cl)cn4)CC3)cc3c2N1CC3. The van der Waals surface area contributed by atoms with Gasteiger partial charge in [-0.3, -0.25) is 4.79 Å². The van der Waals surface area contributed by atoms with Gasteiger partial charge in [-0.15, -0.1) is 0 Å². The molecule has 3 aliphatic rings. The highest BCUT2D eigenvalue weighted by Crippen LogP contribution is 2.38. The third-order valence-corrected chi connectivity index (χ3v) is 8.04. The number of ether oxygens (including phenoxy) is 1. The van der Waals surface area contributed by atoms with Gasteiger partial charge in [0.15, 0.2) is 0 Å². The number of hydrogen-bond acceptors (Lipinski definition) is 5. The van der Waals surface area contributed by atoms with Crippen molar-refractivity contribution in [3.8, 4) is 5.88 Å². The van der Waals surface area contributed by atoms with Gasteiger partial charge in [0.1, 0.15) is 6.10 Å². The number of carbonyl (C=O) groups excluding carboxylic acids is 1. The van der Waals surface area contributed by atoms with Gasteiger partial charge in [0.25, 0.3) is 0 Å². The maximum atomic E-state index is 13.1. The fraction of sp³-hybridized carbons (Fsp3) is 0.455. The van der Waals surface area contributed by atoms with Crippen LogP contribution < -0.4 is 14.4 Å². The lowest BCUT2D eigenvalue weighted by atomic mass is 9.94. The van der Waals surface area contributed by atoms with Gasteiger partial charge in [0.2, 0.25) is 21.8 Å². The molecule has 0 bridgehead atoms. The standard InChI is InChI=1S/C22H24ClN3O4S/c23-16-2-7-20(24-13-16)30-18-5-3-17(4-6-18)25-31(28,29)19-11-14-1-8-21(27)26-10-9-15(12-19)22(14)26/h2,7,11-13,17-18,25H,1,3-6,8-10H2. The Hall–Kier alpha value is -2.16. The first kappa shape index (κ1) is 20.7. The predicted octanol–water partition coefficient (Wildman–Crippen LogP) is 3.24. The zero-order chi connectivity index (χ0) is 21.6. The molecular formula is C22H24ClN3O4S. The fourth-order valence-corrected chi connectivity index (χ4v) is 6.29. The van der Waals surface area contributed by atoms with E-state index in [-0.39, 0.29) is 18.1 Å². The van der Waals surface area contributed by atoms with Crippen LogP contribution in [0.15, 0.2) is 35.4 Å². The molecule has 0 unspecified atom stereocenters. The molecule has 1 saturated carbocycles. The zero-order valence-corrected chi connectivity index (χ0v) is 18.6. The molecule has 1 aliphatic carbocycles. The second-order valence-corrected chi connectivity index (χ2v) is 10.6. The monoisotopic (exact) mass is 461 g/mol. The number of benzene rings is 1. The number of anilines is 1. The van der Waals surface area contributed by atoms with E-state index in [2.05, 4.69) is 9.71 Å². The summed E-state index contributed by atoms with van der Waals surface area (Å²) in [6, 6.07) is 6.84. The van der Waals surface area contributed by atoms with Gasteiger partial charge in [-0.25, -0.2) is 18.1 Å². The Morgan fingerprint density at radius 3 is 2.52 bits per heavy atom. The average molecular weight is 462 g/mol. The lowest BCUT2D eigenvalue weighted by molar-refractivity contribution is -0.118. The Labute approximate surface area is 186 Å². The molecule has 164 valence electrons. The molecule has 31 heavy (non-hydrogen) atoms. The van der Waals surface area contributed by atoms with E-state index in [0.29, 0.717) is 54.4 Å². The lowest BCUT2D eigenvalue weighted by Gasteiger charge is -2.29. The van der Waals surface area contributed by atoms with Crippen LogP contribution >= 0.6 is 11.6 Å². The summed E-state index contributed by atoms with van der Waals surface area (Å²) < 4.78 is 35.0. The number of halogens is 1. The van der Waals surface area contributed by atoms with Crippen LogP contribution in [0.2, 0.25) is 5.02 Å². The molecule has 2 aliphatic heterocycles. The summed E-state index contributed by atoms with van der Waals surface area (Å²) in [7, 11) is -3.62.